The van der Waals surface area contributed by atoms with Gasteiger partial charge in [0.15, 0.2) is 0 Å². The molecule has 1 aromatic carbocycles. The van der Waals surface area contributed by atoms with Gasteiger partial charge in [0.2, 0.25) is 0 Å². The third-order valence-corrected chi connectivity index (χ3v) is 4.66. The number of benzene rings is 1. The number of nitrogens with zero attached hydrogens (tertiary/aromatic N) is 2. The predicted octanol–water partition coefficient (Wildman–Crippen LogP) is 4.65. The maximum absolute atomic E-state index is 6.09. The van der Waals surface area contributed by atoms with E-state index >= 15 is 0 Å². The second-order valence-corrected chi connectivity index (χ2v) is 7.90. The van der Waals surface area contributed by atoms with Crippen molar-refractivity contribution in [2.75, 3.05) is 7.11 Å². The van der Waals surface area contributed by atoms with Gasteiger partial charge in [-0.1, -0.05) is 24.3 Å². The van der Waals surface area contributed by atoms with Crippen molar-refractivity contribution in [3.05, 3.63) is 34.4 Å². The summed E-state index contributed by atoms with van der Waals surface area (Å²) in [6.45, 7) is 7.95. The van der Waals surface area contributed by atoms with E-state index in [0.717, 1.165) is 33.1 Å². The zero-order valence-corrected chi connectivity index (χ0v) is 18.1. The van der Waals surface area contributed by atoms with Crippen LogP contribution in [0, 0.1) is 0 Å². The minimum Gasteiger partial charge on any atom is -0.484 e. The summed E-state index contributed by atoms with van der Waals surface area (Å²) >= 11 is 8.97. The standard InChI is InChI=1S/C19H24BrN3O2S/c1-6-13-8-16(9-14-7-15(20)10-21-17(13)14)25-12(2)18(26)23-19(3,4)11-22-24-5/h7-12H,6H2,1-5H3,(H,23,26). The molecule has 0 radical (unpaired) electrons. The monoisotopic (exact) mass is 437 g/mol. The minimum absolute atomic E-state index is 0.289. The Hall–Kier alpha value is -1.73. The van der Waals surface area contributed by atoms with Crippen molar-refractivity contribution in [1.29, 1.82) is 0 Å². The number of pyridine rings is 1. The first-order valence-electron chi connectivity index (χ1n) is 8.40. The van der Waals surface area contributed by atoms with E-state index in [2.05, 4.69) is 38.3 Å². The molecule has 2 rings (SSSR count). The van der Waals surface area contributed by atoms with E-state index in [0.29, 0.717) is 4.99 Å². The molecule has 1 aromatic heterocycles. The average Bonchev–Trinajstić information content (AvgIpc) is 2.58. The number of rotatable bonds is 7. The van der Waals surface area contributed by atoms with Crippen LogP contribution in [0.25, 0.3) is 10.9 Å². The van der Waals surface area contributed by atoms with Gasteiger partial charge in [-0.05, 0) is 66.9 Å². The number of aryl methyl sites for hydroxylation is 1. The van der Waals surface area contributed by atoms with E-state index in [-0.39, 0.29) is 6.10 Å². The van der Waals surface area contributed by atoms with Crippen LogP contribution in [0.4, 0.5) is 0 Å². The molecule has 5 nitrogen and oxygen atoms in total. The van der Waals surface area contributed by atoms with Gasteiger partial charge in [0.25, 0.3) is 0 Å². The van der Waals surface area contributed by atoms with Crippen LogP contribution in [0.1, 0.15) is 33.3 Å². The van der Waals surface area contributed by atoms with Crippen LogP contribution in [0.5, 0.6) is 5.75 Å². The first-order chi connectivity index (χ1) is 12.3. The normalized spacial score (nSPS) is 13.0. The van der Waals surface area contributed by atoms with Gasteiger partial charge >= 0.3 is 0 Å². The highest BCUT2D eigenvalue weighted by Gasteiger charge is 2.21. The number of hydrogen-bond acceptors (Lipinski definition) is 5. The van der Waals surface area contributed by atoms with Gasteiger partial charge in [0.05, 0.1) is 17.3 Å². The maximum atomic E-state index is 6.09. The first-order valence-corrected chi connectivity index (χ1v) is 9.60. The molecule has 0 spiro atoms. The zero-order chi connectivity index (χ0) is 19.3. The van der Waals surface area contributed by atoms with Crippen molar-refractivity contribution >= 4 is 50.3 Å². The Labute approximate surface area is 168 Å². The highest BCUT2D eigenvalue weighted by molar-refractivity contribution is 9.10. The second-order valence-electron chi connectivity index (χ2n) is 6.55. The number of fused-ring (bicyclic) bond motifs is 1. The summed E-state index contributed by atoms with van der Waals surface area (Å²) in [5, 5.41) is 8.08. The first kappa shape index (κ1) is 20.6. The van der Waals surface area contributed by atoms with Crippen LogP contribution in [-0.4, -0.2) is 34.9 Å². The number of thiocarbonyl (C=S) groups is 1. The van der Waals surface area contributed by atoms with Crippen LogP contribution < -0.4 is 10.1 Å². The molecule has 0 amide bonds. The Morgan fingerprint density at radius 1 is 1.42 bits per heavy atom. The minimum atomic E-state index is -0.433. The number of oxime groups is 1. The molecule has 26 heavy (non-hydrogen) atoms. The molecule has 0 saturated heterocycles. The third-order valence-electron chi connectivity index (χ3n) is 3.79. The fraction of sp³-hybridized carbons (Fsp3) is 0.421. The molecule has 1 heterocycles. The van der Waals surface area contributed by atoms with Crippen LogP contribution in [0.3, 0.4) is 0 Å². The molecule has 1 N–H and O–H groups in total. The summed E-state index contributed by atoms with van der Waals surface area (Å²) in [4.78, 5) is 9.85. The Balaban J connectivity index is 2.19. The van der Waals surface area contributed by atoms with Gasteiger partial charge in [-0.2, -0.15) is 0 Å². The summed E-state index contributed by atoms with van der Waals surface area (Å²) in [6, 6.07) is 6.06. The molecule has 7 heteroatoms. The van der Waals surface area contributed by atoms with Crippen molar-refractivity contribution in [1.82, 2.24) is 10.3 Å². The maximum Gasteiger partial charge on any atom is 0.146 e. The van der Waals surface area contributed by atoms with Crippen molar-refractivity contribution in [2.45, 2.75) is 45.8 Å². The zero-order valence-electron chi connectivity index (χ0n) is 15.7. The smallest absolute Gasteiger partial charge is 0.146 e. The molecular weight excluding hydrogens is 414 g/mol. The Morgan fingerprint density at radius 3 is 2.81 bits per heavy atom. The summed E-state index contributed by atoms with van der Waals surface area (Å²) in [5.74, 6) is 0.772. The molecule has 2 aromatic rings. The van der Waals surface area contributed by atoms with Gasteiger partial charge in [-0.3, -0.25) is 4.98 Å². The van der Waals surface area contributed by atoms with Crippen molar-refractivity contribution in [3.8, 4) is 5.75 Å². The third kappa shape index (κ3) is 5.38. The molecule has 140 valence electrons. The topological polar surface area (TPSA) is 55.7 Å². The Morgan fingerprint density at radius 2 is 2.15 bits per heavy atom. The fourth-order valence-electron chi connectivity index (χ4n) is 2.50. The van der Waals surface area contributed by atoms with Crippen molar-refractivity contribution in [3.63, 3.8) is 0 Å². The molecule has 0 aliphatic carbocycles. The molecule has 0 aliphatic rings. The van der Waals surface area contributed by atoms with Gasteiger partial charge < -0.3 is 14.9 Å². The average molecular weight is 438 g/mol. The highest BCUT2D eigenvalue weighted by Crippen LogP contribution is 2.27. The lowest BCUT2D eigenvalue weighted by molar-refractivity contribution is 0.212. The number of halogens is 1. The van der Waals surface area contributed by atoms with Crippen molar-refractivity contribution in [2.24, 2.45) is 5.16 Å². The largest absolute Gasteiger partial charge is 0.484 e. The lowest BCUT2D eigenvalue weighted by atomic mass is 10.1. The molecule has 0 bridgehead atoms. The van der Waals surface area contributed by atoms with E-state index in [1.807, 2.05) is 45.2 Å². The lowest BCUT2D eigenvalue weighted by Crippen LogP contribution is -2.48. The summed E-state index contributed by atoms with van der Waals surface area (Å²) in [5.41, 5.74) is 1.70. The molecule has 0 aliphatic heterocycles. The Kier molecular flexibility index (Phi) is 6.94. The van der Waals surface area contributed by atoms with E-state index in [9.17, 15) is 0 Å². The molecular formula is C19H24BrN3O2S. The van der Waals surface area contributed by atoms with E-state index < -0.39 is 5.54 Å². The number of nitrogens with one attached hydrogen (secondary N) is 1. The van der Waals surface area contributed by atoms with Crippen molar-refractivity contribution < 1.29 is 9.57 Å². The van der Waals surface area contributed by atoms with Gasteiger partial charge in [0, 0.05) is 16.1 Å². The molecule has 1 unspecified atom stereocenters. The van der Waals surface area contributed by atoms with E-state index in [1.54, 1.807) is 6.21 Å². The SMILES string of the molecule is CCc1cc(OC(C)C(=S)NC(C)(C)C=NOC)cc2cc(Br)cnc12. The summed E-state index contributed by atoms with van der Waals surface area (Å²) in [7, 11) is 1.51. The fourth-order valence-corrected chi connectivity index (χ4v) is 3.16. The van der Waals surface area contributed by atoms with E-state index in [1.165, 1.54) is 7.11 Å². The van der Waals surface area contributed by atoms with Gasteiger partial charge in [-0.15, -0.1) is 0 Å². The summed E-state index contributed by atoms with van der Waals surface area (Å²) in [6.07, 6.45) is 4.07. The number of aromatic nitrogens is 1. The molecule has 0 fully saturated rings. The summed E-state index contributed by atoms with van der Waals surface area (Å²) < 4.78 is 7.03. The predicted molar refractivity (Wildman–Crippen MR) is 114 cm³/mol. The van der Waals surface area contributed by atoms with Gasteiger partial charge in [-0.25, -0.2) is 0 Å². The second kappa shape index (κ2) is 8.77. The molecule has 1 atom stereocenters. The lowest BCUT2D eigenvalue weighted by Gasteiger charge is -2.26. The Bertz CT molecular complexity index is 824. The van der Waals surface area contributed by atoms with Gasteiger partial charge in [0.1, 0.15) is 24.0 Å². The highest BCUT2D eigenvalue weighted by atomic mass is 79.9. The van der Waals surface area contributed by atoms with Crippen LogP contribution >= 0.6 is 28.1 Å². The van der Waals surface area contributed by atoms with Crippen LogP contribution in [0.2, 0.25) is 0 Å². The number of hydrogen-bond donors (Lipinski definition) is 1. The quantitative estimate of drug-likeness (QED) is 0.387. The number of ether oxygens (including phenoxy) is 1. The van der Waals surface area contributed by atoms with Crippen LogP contribution in [0.15, 0.2) is 34.0 Å². The van der Waals surface area contributed by atoms with E-state index in [4.69, 9.17) is 21.8 Å². The van der Waals surface area contributed by atoms with Crippen LogP contribution in [-0.2, 0) is 11.3 Å². The molecule has 0 saturated carbocycles.